The van der Waals surface area contributed by atoms with Crippen LogP contribution in [0.2, 0.25) is 0 Å². The molecule has 1 aromatic carbocycles. The fourth-order valence-electron chi connectivity index (χ4n) is 2.57. The number of fused-ring (bicyclic) bond motifs is 1. The van der Waals surface area contributed by atoms with Crippen LogP contribution < -0.4 is 10.8 Å². The summed E-state index contributed by atoms with van der Waals surface area (Å²) < 4.78 is 1.26. The van der Waals surface area contributed by atoms with Crippen LogP contribution in [0, 0.1) is 3.57 Å². The molecule has 0 fully saturated rings. The maximum absolute atomic E-state index is 11.4. The number of halogens is 1. The molecule has 1 amide bonds. The lowest BCUT2D eigenvalue weighted by Gasteiger charge is -2.31. The molecule has 0 saturated heterocycles. The highest BCUT2D eigenvalue weighted by molar-refractivity contribution is 14.1. The number of rotatable bonds is 5. The summed E-state index contributed by atoms with van der Waals surface area (Å²) in [6.07, 6.45) is 1.06. The van der Waals surface area contributed by atoms with Gasteiger partial charge in [-0.1, -0.05) is 6.07 Å². The van der Waals surface area contributed by atoms with Gasteiger partial charge in [0.15, 0.2) is 0 Å². The molecule has 1 aliphatic heterocycles. The Kier molecular flexibility index (Phi) is 5.76. The van der Waals surface area contributed by atoms with Crippen molar-refractivity contribution in [2.45, 2.75) is 25.9 Å². The molecule has 0 unspecified atom stereocenters. The second-order valence-electron chi connectivity index (χ2n) is 5.20. The lowest BCUT2D eigenvalue weighted by Crippen LogP contribution is -2.45. The van der Waals surface area contributed by atoms with Gasteiger partial charge in [-0.3, -0.25) is 9.69 Å². The lowest BCUT2D eigenvalue weighted by molar-refractivity contribution is -0.122. The van der Waals surface area contributed by atoms with Crippen LogP contribution in [0.5, 0.6) is 0 Å². The first-order valence-electron chi connectivity index (χ1n) is 6.74. The molecule has 0 bridgehead atoms. The Labute approximate surface area is 132 Å². The van der Waals surface area contributed by atoms with E-state index >= 15 is 0 Å². The zero-order chi connectivity index (χ0) is 14.5. The summed E-state index contributed by atoms with van der Waals surface area (Å²) in [5.41, 5.74) is 4.69. The number of carbonyl (C=O) groups is 1. The lowest BCUT2D eigenvalue weighted by atomic mass is 9.99. The van der Waals surface area contributed by atoms with Crippen LogP contribution in [-0.4, -0.2) is 41.7 Å². The van der Waals surface area contributed by atoms with Crippen LogP contribution in [0.4, 0.5) is 0 Å². The quantitative estimate of drug-likeness (QED) is 0.522. The highest BCUT2D eigenvalue weighted by Crippen LogP contribution is 2.21. The van der Waals surface area contributed by atoms with E-state index in [4.69, 9.17) is 5.21 Å². The second-order valence-corrected chi connectivity index (χ2v) is 6.45. The van der Waals surface area contributed by atoms with Crippen LogP contribution in [0.3, 0.4) is 0 Å². The highest BCUT2D eigenvalue weighted by Gasteiger charge is 2.18. The topological polar surface area (TPSA) is 64.6 Å². The van der Waals surface area contributed by atoms with Gasteiger partial charge in [0.05, 0.1) is 6.54 Å². The normalized spacial score (nSPS) is 16.6. The average molecular weight is 389 g/mol. The molecule has 110 valence electrons. The van der Waals surface area contributed by atoms with Gasteiger partial charge in [0.1, 0.15) is 0 Å². The van der Waals surface area contributed by atoms with Crippen LogP contribution in [0.25, 0.3) is 0 Å². The maximum Gasteiger partial charge on any atom is 0.236 e. The Balaban J connectivity index is 1.88. The van der Waals surface area contributed by atoms with Crippen LogP contribution in [-0.2, 0) is 17.8 Å². The first kappa shape index (κ1) is 15.7. The van der Waals surface area contributed by atoms with Gasteiger partial charge in [0.2, 0.25) is 5.91 Å². The van der Waals surface area contributed by atoms with Crippen molar-refractivity contribution in [1.29, 1.82) is 0 Å². The van der Waals surface area contributed by atoms with Crippen molar-refractivity contribution in [2.75, 3.05) is 19.6 Å². The van der Waals surface area contributed by atoms with Gasteiger partial charge >= 0.3 is 0 Å². The van der Waals surface area contributed by atoms with E-state index in [2.05, 4.69) is 51.0 Å². The number of hydrogen-bond acceptors (Lipinski definition) is 4. The average Bonchev–Trinajstić information content (AvgIpc) is 2.38. The number of hydrogen-bond donors (Lipinski definition) is 3. The monoisotopic (exact) mass is 389 g/mol. The maximum atomic E-state index is 11.4. The molecule has 0 saturated carbocycles. The molecule has 6 heteroatoms. The summed E-state index contributed by atoms with van der Waals surface area (Å²) in [6.45, 7) is 4.70. The predicted octanol–water partition coefficient (Wildman–Crippen LogP) is 1.13. The molecule has 0 radical (unpaired) electrons. The molecule has 20 heavy (non-hydrogen) atoms. The second kappa shape index (κ2) is 7.35. The fourth-order valence-corrected chi connectivity index (χ4v) is 3.13. The van der Waals surface area contributed by atoms with E-state index in [1.807, 2.05) is 12.4 Å². The molecule has 0 aliphatic carbocycles. The van der Waals surface area contributed by atoms with E-state index in [-0.39, 0.29) is 18.5 Å². The number of carbonyl (C=O) groups excluding carboxylic acids is 1. The molecular formula is C14H20IN3O2. The van der Waals surface area contributed by atoms with Crippen molar-refractivity contribution in [2.24, 2.45) is 0 Å². The van der Waals surface area contributed by atoms with Crippen molar-refractivity contribution in [3.63, 3.8) is 0 Å². The van der Waals surface area contributed by atoms with Crippen LogP contribution >= 0.6 is 22.6 Å². The number of hydroxylamine groups is 1. The van der Waals surface area contributed by atoms with Gasteiger partial charge in [-0.2, -0.15) is 5.48 Å². The minimum Gasteiger partial charge on any atom is -0.351 e. The zero-order valence-electron chi connectivity index (χ0n) is 11.5. The molecular weight excluding hydrogens is 369 g/mol. The molecule has 1 aliphatic rings. The third-order valence-corrected chi connectivity index (χ3v) is 4.11. The van der Waals surface area contributed by atoms with Gasteiger partial charge < -0.3 is 10.5 Å². The Morgan fingerprint density at radius 1 is 1.50 bits per heavy atom. The van der Waals surface area contributed by atoms with Gasteiger partial charge in [0, 0.05) is 29.2 Å². The zero-order valence-corrected chi connectivity index (χ0v) is 13.7. The van der Waals surface area contributed by atoms with Crippen molar-refractivity contribution in [1.82, 2.24) is 15.7 Å². The number of nitrogens with one attached hydrogen (secondary N) is 2. The van der Waals surface area contributed by atoms with Crippen molar-refractivity contribution in [3.05, 3.63) is 32.9 Å². The predicted molar refractivity (Wildman–Crippen MR) is 85.5 cm³/mol. The first-order valence-corrected chi connectivity index (χ1v) is 7.82. The fraction of sp³-hybridized carbons (Fsp3) is 0.500. The largest absolute Gasteiger partial charge is 0.351 e. The molecule has 3 N–H and O–H groups in total. The smallest absolute Gasteiger partial charge is 0.236 e. The van der Waals surface area contributed by atoms with Gasteiger partial charge in [-0.25, -0.2) is 0 Å². The molecule has 2 rings (SSSR count). The molecule has 1 atom stereocenters. The van der Waals surface area contributed by atoms with Crippen LogP contribution in [0.1, 0.15) is 18.1 Å². The molecule has 0 aromatic heterocycles. The van der Waals surface area contributed by atoms with E-state index in [1.165, 1.54) is 14.7 Å². The van der Waals surface area contributed by atoms with E-state index in [9.17, 15) is 4.79 Å². The number of benzene rings is 1. The Hall–Kier alpha value is -0.700. The molecule has 0 spiro atoms. The summed E-state index contributed by atoms with van der Waals surface area (Å²) in [6, 6.07) is 6.67. The summed E-state index contributed by atoms with van der Waals surface area (Å²) in [5.74, 6) is -0.188. The van der Waals surface area contributed by atoms with E-state index < -0.39 is 0 Å². The van der Waals surface area contributed by atoms with Gasteiger partial charge in [0.25, 0.3) is 0 Å². The van der Waals surface area contributed by atoms with E-state index in [1.54, 1.807) is 0 Å². The minimum absolute atomic E-state index is 0.0641. The van der Waals surface area contributed by atoms with Crippen molar-refractivity contribution in [3.8, 4) is 0 Å². The number of amides is 1. The summed E-state index contributed by atoms with van der Waals surface area (Å²) in [4.78, 5) is 13.7. The van der Waals surface area contributed by atoms with E-state index in [0.29, 0.717) is 0 Å². The van der Waals surface area contributed by atoms with Crippen molar-refractivity contribution >= 4 is 28.5 Å². The van der Waals surface area contributed by atoms with Gasteiger partial charge in [-0.05, 0) is 59.2 Å². The summed E-state index contributed by atoms with van der Waals surface area (Å²) in [7, 11) is 0. The Bertz CT molecular complexity index is 481. The number of nitrogens with zero attached hydrogens (tertiary/aromatic N) is 1. The summed E-state index contributed by atoms with van der Waals surface area (Å²) >= 11 is 2.34. The molecule has 1 aromatic rings. The van der Waals surface area contributed by atoms with Gasteiger partial charge in [-0.15, -0.1) is 0 Å². The Morgan fingerprint density at radius 2 is 2.30 bits per heavy atom. The Morgan fingerprint density at radius 3 is 3.05 bits per heavy atom. The van der Waals surface area contributed by atoms with Crippen molar-refractivity contribution < 1.29 is 10.0 Å². The standard InChI is InChI=1S/C14H20IN3O2/c1-10(17-14(19)7-16-20)8-18-5-4-11-2-3-13(15)6-12(11)9-18/h2-3,6,10,16,20H,4-5,7-9H2,1H3,(H,17,19)/t10-/m0/s1. The third kappa shape index (κ3) is 4.41. The highest BCUT2D eigenvalue weighted by atomic mass is 127. The molecule has 1 heterocycles. The SMILES string of the molecule is C[C@@H](CN1CCc2ccc(I)cc2C1)NC(=O)CNO. The first-order chi connectivity index (χ1) is 9.58. The van der Waals surface area contributed by atoms with Crippen LogP contribution in [0.15, 0.2) is 18.2 Å². The third-order valence-electron chi connectivity index (χ3n) is 3.44. The summed E-state index contributed by atoms with van der Waals surface area (Å²) in [5, 5.41) is 11.3. The minimum atomic E-state index is -0.188. The van der Waals surface area contributed by atoms with E-state index in [0.717, 1.165) is 26.1 Å². The molecule has 5 nitrogen and oxygen atoms in total.